The number of hydrogen-bond acceptors (Lipinski definition) is 3. The summed E-state index contributed by atoms with van der Waals surface area (Å²) in [7, 11) is 1.36. The van der Waals surface area contributed by atoms with E-state index in [2.05, 4.69) is 16.4 Å². The largest absolute Gasteiger partial charge is 0.466 e. The van der Waals surface area contributed by atoms with Gasteiger partial charge in [0.2, 0.25) is 0 Å². The number of carbonyl (C=O) groups excluding carboxylic acids is 1. The number of nitrogens with zero attached hydrogens (tertiary/aromatic N) is 1. The maximum atomic E-state index is 11.1. The summed E-state index contributed by atoms with van der Waals surface area (Å²) in [5.41, 5.74) is 1.31. The van der Waals surface area contributed by atoms with Crippen LogP contribution >= 0.6 is 0 Å². The van der Waals surface area contributed by atoms with Gasteiger partial charge in [-0.2, -0.15) is 0 Å². The standard InChI is InChI=1S/C12H19NO2/c1-9(11(14)15-6)7-8-10(13-5)12(2,3)4/h7-8H,5H2,1-4,6H3/b9-7+,10-8-. The fraction of sp³-hybridized carbons (Fsp3) is 0.500. The number of rotatable bonds is 3. The monoisotopic (exact) mass is 209 g/mol. The van der Waals surface area contributed by atoms with E-state index in [-0.39, 0.29) is 11.4 Å². The van der Waals surface area contributed by atoms with E-state index in [0.29, 0.717) is 5.57 Å². The molecule has 0 N–H and O–H groups in total. The number of methoxy groups -OCH3 is 1. The van der Waals surface area contributed by atoms with Gasteiger partial charge in [-0.05, 0) is 19.7 Å². The average Bonchev–Trinajstić information content (AvgIpc) is 2.15. The second-order valence-electron chi connectivity index (χ2n) is 4.30. The molecule has 0 aromatic carbocycles. The first-order valence-corrected chi connectivity index (χ1v) is 4.77. The lowest BCUT2D eigenvalue weighted by molar-refractivity contribution is -0.136. The summed E-state index contributed by atoms with van der Waals surface area (Å²) in [4.78, 5) is 15.0. The molecule has 84 valence electrons. The van der Waals surface area contributed by atoms with E-state index in [1.54, 1.807) is 19.1 Å². The van der Waals surface area contributed by atoms with E-state index in [0.717, 1.165) is 5.70 Å². The van der Waals surface area contributed by atoms with E-state index >= 15 is 0 Å². The number of carbonyl (C=O) groups is 1. The summed E-state index contributed by atoms with van der Waals surface area (Å²) in [5, 5.41) is 0. The molecule has 0 aliphatic carbocycles. The van der Waals surface area contributed by atoms with Crippen LogP contribution in [0.2, 0.25) is 0 Å². The molecule has 0 aromatic heterocycles. The number of aliphatic imine (C=N–C) groups is 1. The Morgan fingerprint density at radius 1 is 1.33 bits per heavy atom. The minimum absolute atomic E-state index is 0.0748. The van der Waals surface area contributed by atoms with E-state index in [4.69, 9.17) is 0 Å². The van der Waals surface area contributed by atoms with Crippen molar-refractivity contribution in [3.05, 3.63) is 23.4 Å². The quantitative estimate of drug-likeness (QED) is 0.310. The SMILES string of the molecule is C=N/C(=C\C=C(/C)C(=O)OC)C(C)(C)C. The fourth-order valence-corrected chi connectivity index (χ4v) is 0.973. The highest BCUT2D eigenvalue weighted by atomic mass is 16.5. The molecule has 3 nitrogen and oxygen atoms in total. The first-order valence-electron chi connectivity index (χ1n) is 4.77. The van der Waals surface area contributed by atoms with Crippen molar-refractivity contribution in [2.24, 2.45) is 10.4 Å². The van der Waals surface area contributed by atoms with Crippen molar-refractivity contribution in [3.63, 3.8) is 0 Å². The van der Waals surface area contributed by atoms with Crippen LogP contribution in [-0.2, 0) is 9.53 Å². The van der Waals surface area contributed by atoms with Crippen molar-refractivity contribution in [3.8, 4) is 0 Å². The zero-order valence-electron chi connectivity index (χ0n) is 10.1. The number of allylic oxidation sites excluding steroid dienone is 3. The molecule has 0 aliphatic heterocycles. The lowest BCUT2D eigenvalue weighted by Gasteiger charge is -2.18. The van der Waals surface area contributed by atoms with Crippen molar-refractivity contribution in [1.82, 2.24) is 0 Å². The topological polar surface area (TPSA) is 38.7 Å². The van der Waals surface area contributed by atoms with Gasteiger partial charge in [0.25, 0.3) is 0 Å². The van der Waals surface area contributed by atoms with Crippen LogP contribution in [0.15, 0.2) is 28.4 Å². The van der Waals surface area contributed by atoms with Crippen LogP contribution in [0.25, 0.3) is 0 Å². The van der Waals surface area contributed by atoms with Crippen LogP contribution in [0.3, 0.4) is 0 Å². The molecule has 0 radical (unpaired) electrons. The van der Waals surface area contributed by atoms with E-state index < -0.39 is 0 Å². The molecule has 0 rings (SSSR count). The molecule has 15 heavy (non-hydrogen) atoms. The van der Waals surface area contributed by atoms with Crippen molar-refractivity contribution in [2.75, 3.05) is 7.11 Å². The molecule has 0 bridgehead atoms. The van der Waals surface area contributed by atoms with Gasteiger partial charge in [-0.15, -0.1) is 0 Å². The number of ether oxygens (including phenoxy) is 1. The normalized spacial score (nSPS) is 13.7. The maximum Gasteiger partial charge on any atom is 0.333 e. The molecule has 0 spiro atoms. The van der Waals surface area contributed by atoms with Crippen molar-refractivity contribution in [2.45, 2.75) is 27.7 Å². The Bertz CT molecular complexity index is 306. The Morgan fingerprint density at radius 2 is 1.87 bits per heavy atom. The predicted molar refractivity (Wildman–Crippen MR) is 62.9 cm³/mol. The second kappa shape index (κ2) is 5.49. The van der Waals surface area contributed by atoms with Gasteiger partial charge in [0.15, 0.2) is 0 Å². The number of hydrogen-bond donors (Lipinski definition) is 0. The maximum absolute atomic E-state index is 11.1. The van der Waals surface area contributed by atoms with E-state index in [1.165, 1.54) is 7.11 Å². The summed E-state index contributed by atoms with van der Waals surface area (Å²) in [5.74, 6) is -0.330. The smallest absolute Gasteiger partial charge is 0.333 e. The van der Waals surface area contributed by atoms with Crippen LogP contribution < -0.4 is 0 Å². The third-order valence-electron chi connectivity index (χ3n) is 1.94. The highest BCUT2D eigenvalue weighted by Gasteiger charge is 2.14. The van der Waals surface area contributed by atoms with Crippen molar-refractivity contribution >= 4 is 12.7 Å². The third-order valence-corrected chi connectivity index (χ3v) is 1.94. The van der Waals surface area contributed by atoms with Gasteiger partial charge in [-0.1, -0.05) is 26.8 Å². The zero-order chi connectivity index (χ0) is 12.1. The first-order chi connectivity index (χ1) is 6.82. The van der Waals surface area contributed by atoms with Gasteiger partial charge >= 0.3 is 5.97 Å². The summed E-state index contributed by atoms with van der Waals surface area (Å²) in [6, 6.07) is 0. The minimum Gasteiger partial charge on any atom is -0.466 e. The molecule has 0 fully saturated rings. The lowest BCUT2D eigenvalue weighted by Crippen LogP contribution is -2.07. The molecular formula is C12H19NO2. The highest BCUT2D eigenvalue weighted by Crippen LogP contribution is 2.25. The Hall–Kier alpha value is -1.38. The summed E-state index contributed by atoms with van der Waals surface area (Å²) in [6.45, 7) is 11.3. The first kappa shape index (κ1) is 13.6. The molecule has 0 amide bonds. The summed E-state index contributed by atoms with van der Waals surface area (Å²) < 4.78 is 4.58. The Kier molecular flexibility index (Phi) is 4.98. The predicted octanol–water partition coefficient (Wildman–Crippen LogP) is 2.74. The van der Waals surface area contributed by atoms with Gasteiger partial charge in [-0.25, -0.2) is 4.79 Å². The van der Waals surface area contributed by atoms with E-state index in [9.17, 15) is 4.79 Å². The Labute approximate surface area is 91.5 Å². The minimum atomic E-state index is -0.330. The van der Waals surface area contributed by atoms with Gasteiger partial charge in [-0.3, -0.25) is 4.99 Å². The Morgan fingerprint density at radius 3 is 2.20 bits per heavy atom. The second-order valence-corrected chi connectivity index (χ2v) is 4.30. The third kappa shape index (κ3) is 4.58. The van der Waals surface area contributed by atoms with Crippen LogP contribution in [0.1, 0.15) is 27.7 Å². The van der Waals surface area contributed by atoms with Gasteiger partial charge in [0.05, 0.1) is 7.11 Å². The molecule has 0 aliphatic rings. The van der Waals surface area contributed by atoms with Crippen LogP contribution in [0.5, 0.6) is 0 Å². The zero-order valence-corrected chi connectivity index (χ0v) is 10.1. The molecule has 0 saturated carbocycles. The van der Waals surface area contributed by atoms with Crippen LogP contribution in [-0.4, -0.2) is 19.8 Å². The van der Waals surface area contributed by atoms with Crippen molar-refractivity contribution in [1.29, 1.82) is 0 Å². The molecular weight excluding hydrogens is 190 g/mol. The molecule has 0 unspecified atom stereocenters. The summed E-state index contributed by atoms with van der Waals surface area (Å²) in [6.07, 6.45) is 3.49. The van der Waals surface area contributed by atoms with Gasteiger partial charge in [0, 0.05) is 16.7 Å². The Balaban J connectivity index is 4.90. The lowest BCUT2D eigenvalue weighted by atomic mass is 9.92. The van der Waals surface area contributed by atoms with Crippen molar-refractivity contribution < 1.29 is 9.53 Å². The molecule has 0 aromatic rings. The number of esters is 1. The highest BCUT2D eigenvalue weighted by molar-refractivity contribution is 5.87. The van der Waals surface area contributed by atoms with E-state index in [1.807, 2.05) is 20.8 Å². The molecule has 0 atom stereocenters. The summed E-state index contributed by atoms with van der Waals surface area (Å²) >= 11 is 0. The van der Waals surface area contributed by atoms with Gasteiger partial charge in [0.1, 0.15) is 0 Å². The fourth-order valence-electron chi connectivity index (χ4n) is 0.973. The van der Waals surface area contributed by atoms with Crippen LogP contribution in [0.4, 0.5) is 0 Å². The van der Waals surface area contributed by atoms with Crippen LogP contribution in [0, 0.1) is 5.41 Å². The molecule has 0 heterocycles. The van der Waals surface area contributed by atoms with Gasteiger partial charge < -0.3 is 4.74 Å². The average molecular weight is 209 g/mol. The molecule has 3 heteroatoms. The molecule has 0 saturated heterocycles.